The van der Waals surface area contributed by atoms with E-state index >= 15 is 0 Å². The Morgan fingerprint density at radius 2 is 1.62 bits per heavy atom. The second-order valence-corrected chi connectivity index (χ2v) is 11.2. The van der Waals surface area contributed by atoms with Crippen molar-refractivity contribution in [2.24, 2.45) is 5.92 Å². The fourth-order valence-corrected chi connectivity index (χ4v) is 7.69. The van der Waals surface area contributed by atoms with Crippen LogP contribution in [0, 0.1) is 5.92 Å². The molecule has 3 aliphatic rings. The standard InChI is InChI=1S/C33H39NO3/c1-36-32(37-2)25-16-20-34(21-17-25)27-11-9-24(10-12-27)31-29-14-13-28(35)22-26(29)15-19-33(31)18-5-7-23-6-3-4-8-30(23)33/h3-4,6,8-14,22,25,31-32,35H,5,7,15-21H2,1-2H3/t31-,33-/m1/s1. The highest BCUT2D eigenvalue weighted by Crippen LogP contribution is 2.56. The van der Waals surface area contributed by atoms with Crippen LogP contribution in [0.2, 0.25) is 0 Å². The molecule has 4 heteroatoms. The molecule has 0 amide bonds. The van der Waals surface area contributed by atoms with Crippen LogP contribution in [0.1, 0.15) is 65.8 Å². The van der Waals surface area contributed by atoms with E-state index in [9.17, 15) is 5.11 Å². The molecule has 1 heterocycles. The minimum Gasteiger partial charge on any atom is -0.508 e. The molecule has 1 saturated heterocycles. The quantitative estimate of drug-likeness (QED) is 0.404. The molecule has 1 fully saturated rings. The first-order chi connectivity index (χ1) is 18.1. The summed E-state index contributed by atoms with van der Waals surface area (Å²) in [6, 6.07) is 24.6. The summed E-state index contributed by atoms with van der Waals surface area (Å²) in [7, 11) is 3.48. The highest BCUT2D eigenvalue weighted by molar-refractivity contribution is 5.55. The molecule has 0 radical (unpaired) electrons. The van der Waals surface area contributed by atoms with Crippen LogP contribution in [0.3, 0.4) is 0 Å². The Bertz CT molecular complexity index is 1230. The summed E-state index contributed by atoms with van der Waals surface area (Å²) in [5.74, 6) is 1.12. The number of fused-ring (bicyclic) bond motifs is 3. The van der Waals surface area contributed by atoms with Crippen molar-refractivity contribution in [1.29, 1.82) is 0 Å². The Labute approximate surface area is 221 Å². The zero-order valence-corrected chi connectivity index (χ0v) is 22.2. The summed E-state index contributed by atoms with van der Waals surface area (Å²) in [5, 5.41) is 10.2. The van der Waals surface area contributed by atoms with Gasteiger partial charge in [-0.2, -0.15) is 0 Å². The van der Waals surface area contributed by atoms with Gasteiger partial charge in [0.05, 0.1) is 0 Å². The van der Waals surface area contributed by atoms with Gasteiger partial charge in [0.1, 0.15) is 5.75 Å². The Kier molecular flexibility index (Phi) is 6.73. The largest absolute Gasteiger partial charge is 0.508 e. The number of hydrogen-bond acceptors (Lipinski definition) is 4. The van der Waals surface area contributed by atoms with E-state index in [4.69, 9.17) is 9.47 Å². The van der Waals surface area contributed by atoms with Crippen molar-refractivity contribution >= 4 is 5.69 Å². The molecule has 3 aromatic carbocycles. The summed E-state index contributed by atoms with van der Waals surface area (Å²) < 4.78 is 11.0. The molecule has 2 aliphatic carbocycles. The number of aromatic hydroxyl groups is 1. The Balaban J connectivity index is 1.33. The van der Waals surface area contributed by atoms with Crippen LogP contribution >= 0.6 is 0 Å². The summed E-state index contributed by atoms with van der Waals surface area (Å²) in [5.41, 5.74) is 8.55. The molecule has 1 spiro atoms. The van der Waals surface area contributed by atoms with Gasteiger partial charge < -0.3 is 19.5 Å². The predicted molar refractivity (Wildman–Crippen MR) is 149 cm³/mol. The lowest BCUT2D eigenvalue weighted by atomic mass is 9.54. The summed E-state index contributed by atoms with van der Waals surface area (Å²) in [6.45, 7) is 2.05. The highest BCUT2D eigenvalue weighted by Gasteiger charge is 2.47. The third-order valence-corrected chi connectivity index (χ3v) is 9.43. The monoisotopic (exact) mass is 497 g/mol. The Morgan fingerprint density at radius 1 is 0.865 bits per heavy atom. The zero-order chi connectivity index (χ0) is 25.4. The molecular formula is C33H39NO3. The van der Waals surface area contributed by atoms with Crippen LogP contribution in [0.25, 0.3) is 0 Å². The van der Waals surface area contributed by atoms with Crippen molar-refractivity contribution in [3.8, 4) is 5.75 Å². The third kappa shape index (κ3) is 4.34. The lowest BCUT2D eigenvalue weighted by Gasteiger charge is -2.49. The van der Waals surface area contributed by atoms with Crippen molar-refractivity contribution in [3.05, 3.63) is 94.5 Å². The van der Waals surface area contributed by atoms with E-state index in [1.54, 1.807) is 19.8 Å². The number of ether oxygens (including phenoxy) is 2. The number of piperidine rings is 1. The van der Waals surface area contributed by atoms with Gasteiger partial charge in [-0.3, -0.25) is 0 Å². The molecule has 37 heavy (non-hydrogen) atoms. The van der Waals surface area contributed by atoms with E-state index in [2.05, 4.69) is 59.5 Å². The summed E-state index contributed by atoms with van der Waals surface area (Å²) in [6.07, 6.45) is 7.81. The topological polar surface area (TPSA) is 41.9 Å². The number of rotatable bonds is 5. The normalized spacial score (nSPS) is 23.8. The van der Waals surface area contributed by atoms with Gasteiger partial charge in [0, 0.05) is 50.2 Å². The number of hydrogen-bond donors (Lipinski definition) is 1. The van der Waals surface area contributed by atoms with Gasteiger partial charge in [-0.05, 0) is 97.0 Å². The molecule has 0 bridgehead atoms. The van der Waals surface area contributed by atoms with Gasteiger partial charge >= 0.3 is 0 Å². The van der Waals surface area contributed by atoms with E-state index in [1.807, 2.05) is 12.1 Å². The van der Waals surface area contributed by atoms with Crippen molar-refractivity contribution in [1.82, 2.24) is 0 Å². The average molecular weight is 498 g/mol. The molecule has 2 atom stereocenters. The van der Waals surface area contributed by atoms with E-state index in [1.165, 1.54) is 47.2 Å². The number of phenolic OH excluding ortho intramolecular Hbond substituents is 1. The maximum atomic E-state index is 10.2. The molecule has 1 N–H and O–H groups in total. The van der Waals surface area contributed by atoms with Crippen LogP contribution < -0.4 is 4.90 Å². The first-order valence-electron chi connectivity index (χ1n) is 13.9. The van der Waals surface area contributed by atoms with Crippen molar-refractivity contribution < 1.29 is 14.6 Å². The van der Waals surface area contributed by atoms with E-state index < -0.39 is 0 Å². The van der Waals surface area contributed by atoms with E-state index in [0.717, 1.165) is 38.8 Å². The minimum absolute atomic E-state index is 0.105. The second kappa shape index (κ2) is 10.2. The number of methoxy groups -OCH3 is 2. The fraction of sp³-hybridized carbons (Fsp3) is 0.455. The van der Waals surface area contributed by atoms with Crippen LogP contribution in [0.5, 0.6) is 5.75 Å². The van der Waals surface area contributed by atoms with Gasteiger partial charge in [-0.1, -0.05) is 42.5 Å². The SMILES string of the molecule is COC(OC)C1CCN(c2ccc([C@@H]3c4ccc(O)cc4CC[C@@]34CCCc3ccccc34)cc2)CC1. The molecule has 0 unspecified atom stereocenters. The Morgan fingerprint density at radius 3 is 2.38 bits per heavy atom. The van der Waals surface area contributed by atoms with Gasteiger partial charge in [-0.15, -0.1) is 0 Å². The second-order valence-electron chi connectivity index (χ2n) is 11.2. The van der Waals surface area contributed by atoms with E-state index in [0.29, 0.717) is 17.6 Å². The van der Waals surface area contributed by atoms with Crippen molar-refractivity contribution in [3.63, 3.8) is 0 Å². The molecule has 0 aromatic heterocycles. The number of aryl methyl sites for hydroxylation is 2. The van der Waals surface area contributed by atoms with Crippen LogP contribution in [0.15, 0.2) is 66.7 Å². The summed E-state index contributed by atoms with van der Waals surface area (Å²) in [4.78, 5) is 2.50. The van der Waals surface area contributed by atoms with Gasteiger partial charge in [-0.25, -0.2) is 0 Å². The molecular weight excluding hydrogens is 458 g/mol. The molecule has 6 rings (SSSR count). The molecule has 3 aromatic rings. The average Bonchev–Trinajstić information content (AvgIpc) is 2.95. The minimum atomic E-state index is -0.107. The van der Waals surface area contributed by atoms with E-state index in [-0.39, 0.29) is 11.7 Å². The maximum Gasteiger partial charge on any atom is 0.159 e. The first kappa shape index (κ1) is 24.5. The molecule has 0 saturated carbocycles. The third-order valence-electron chi connectivity index (χ3n) is 9.43. The van der Waals surface area contributed by atoms with Gasteiger partial charge in [0.25, 0.3) is 0 Å². The first-order valence-corrected chi connectivity index (χ1v) is 13.9. The van der Waals surface area contributed by atoms with Crippen LogP contribution in [0.4, 0.5) is 5.69 Å². The summed E-state index contributed by atoms with van der Waals surface area (Å²) >= 11 is 0. The van der Waals surface area contributed by atoms with Crippen LogP contribution in [-0.4, -0.2) is 38.7 Å². The number of nitrogens with zero attached hydrogens (tertiary/aromatic N) is 1. The van der Waals surface area contributed by atoms with Crippen molar-refractivity contribution in [2.75, 3.05) is 32.2 Å². The van der Waals surface area contributed by atoms with Crippen LogP contribution in [-0.2, 0) is 27.7 Å². The highest BCUT2D eigenvalue weighted by atomic mass is 16.7. The van der Waals surface area contributed by atoms with Gasteiger partial charge in [0.15, 0.2) is 6.29 Å². The van der Waals surface area contributed by atoms with Gasteiger partial charge in [0.2, 0.25) is 0 Å². The number of phenols is 1. The fourth-order valence-electron chi connectivity index (χ4n) is 7.69. The predicted octanol–water partition coefficient (Wildman–Crippen LogP) is 6.58. The zero-order valence-electron chi connectivity index (χ0n) is 22.2. The number of benzene rings is 3. The smallest absolute Gasteiger partial charge is 0.159 e. The number of anilines is 1. The lowest BCUT2D eigenvalue weighted by Crippen LogP contribution is -2.41. The molecule has 1 aliphatic heterocycles. The molecule has 4 nitrogen and oxygen atoms in total. The maximum absolute atomic E-state index is 10.2. The van der Waals surface area contributed by atoms with Crippen molar-refractivity contribution in [2.45, 2.75) is 62.6 Å². The Hall–Kier alpha value is -2.82. The molecule has 194 valence electrons. The lowest BCUT2D eigenvalue weighted by molar-refractivity contribution is -0.141.